The number of nitrogens with one attached hydrogen (secondary N) is 1. The summed E-state index contributed by atoms with van der Waals surface area (Å²) < 4.78 is 7.47. The molecule has 0 atom stereocenters. The summed E-state index contributed by atoms with van der Waals surface area (Å²) in [6.45, 7) is 14.6. The largest absolute Gasteiger partial charge is 0.443 e. The molecule has 0 aromatic carbocycles. The number of hydrogen-bond acceptors (Lipinski definition) is 7. The molecule has 162 valence electrons. The molecule has 29 heavy (non-hydrogen) atoms. The first-order chi connectivity index (χ1) is 13.5. The average Bonchev–Trinajstić information content (AvgIpc) is 2.98. The number of anilines is 1. The molecule has 0 radical (unpaired) electrons. The van der Waals surface area contributed by atoms with Crippen LogP contribution in [0.3, 0.4) is 0 Å². The molecule has 0 unspecified atom stereocenters. The molecule has 2 aromatic heterocycles. The van der Waals surface area contributed by atoms with Crippen LogP contribution >= 0.6 is 0 Å². The maximum absolute atomic E-state index is 12.1. The highest BCUT2D eigenvalue weighted by Gasteiger charge is 2.22. The smallest absolute Gasteiger partial charge is 0.426 e. The van der Waals surface area contributed by atoms with Crippen LogP contribution in [0.1, 0.15) is 70.5 Å². The second kappa shape index (κ2) is 8.96. The molecule has 0 saturated carbocycles. The number of aromatic nitrogens is 3. The standard InChI is InChI=1S/C20H34N6O3/c1-12(2)18-23-15-16(13(3)14(4)22-17(15)21)25(18)10-8-9-11-26(24-28)19(27)29-20(5,6)7/h12,24,28H,8-11H2,1-7H3,(H2,21,22). The highest BCUT2D eigenvalue weighted by atomic mass is 16.6. The Balaban J connectivity index is 2.14. The van der Waals surface area contributed by atoms with E-state index in [4.69, 9.17) is 15.5 Å². The second-order valence-corrected chi connectivity index (χ2v) is 8.62. The summed E-state index contributed by atoms with van der Waals surface area (Å²) >= 11 is 0. The summed E-state index contributed by atoms with van der Waals surface area (Å²) in [6, 6.07) is 0. The Bertz CT molecular complexity index is 869. The van der Waals surface area contributed by atoms with Gasteiger partial charge < -0.3 is 15.0 Å². The van der Waals surface area contributed by atoms with Gasteiger partial charge >= 0.3 is 6.09 Å². The van der Waals surface area contributed by atoms with Crippen LogP contribution in [-0.4, -0.2) is 43.0 Å². The molecule has 9 heteroatoms. The maximum atomic E-state index is 12.1. The van der Waals surface area contributed by atoms with Crippen LogP contribution in [0, 0.1) is 13.8 Å². The Morgan fingerprint density at radius 1 is 1.28 bits per heavy atom. The van der Waals surface area contributed by atoms with Crippen molar-refractivity contribution in [2.45, 2.75) is 79.4 Å². The van der Waals surface area contributed by atoms with E-state index in [9.17, 15) is 10.0 Å². The predicted octanol–water partition coefficient (Wildman–Crippen LogP) is 3.66. The summed E-state index contributed by atoms with van der Waals surface area (Å²) in [6.07, 6.45) is 0.844. The minimum atomic E-state index is -0.628. The molecule has 9 nitrogen and oxygen atoms in total. The lowest BCUT2D eigenvalue weighted by Crippen LogP contribution is -2.44. The zero-order chi connectivity index (χ0) is 21.9. The molecule has 2 rings (SSSR count). The molecule has 0 saturated heterocycles. The van der Waals surface area contributed by atoms with E-state index in [-0.39, 0.29) is 5.92 Å². The van der Waals surface area contributed by atoms with Gasteiger partial charge in [-0.05, 0) is 53.0 Å². The van der Waals surface area contributed by atoms with Crippen LogP contribution in [0.5, 0.6) is 0 Å². The third-order valence-electron chi connectivity index (χ3n) is 4.69. The highest BCUT2D eigenvalue weighted by Crippen LogP contribution is 2.29. The number of nitrogens with two attached hydrogens (primary N) is 1. The van der Waals surface area contributed by atoms with E-state index in [2.05, 4.69) is 23.4 Å². The minimum absolute atomic E-state index is 0.235. The normalized spacial score (nSPS) is 12.0. The molecule has 0 fully saturated rings. The number of nitrogen functional groups attached to an aromatic ring is 1. The monoisotopic (exact) mass is 406 g/mol. The van der Waals surface area contributed by atoms with Crippen LogP contribution in [0.25, 0.3) is 11.0 Å². The van der Waals surface area contributed by atoms with Crippen molar-refractivity contribution in [3.05, 3.63) is 17.1 Å². The number of carbonyl (C=O) groups is 1. The lowest BCUT2D eigenvalue weighted by molar-refractivity contribution is -0.0446. The fourth-order valence-corrected chi connectivity index (χ4v) is 3.22. The van der Waals surface area contributed by atoms with Gasteiger partial charge in [-0.15, -0.1) is 5.59 Å². The van der Waals surface area contributed by atoms with Crippen molar-refractivity contribution in [1.82, 2.24) is 25.1 Å². The van der Waals surface area contributed by atoms with Crippen molar-refractivity contribution in [2.24, 2.45) is 0 Å². The van der Waals surface area contributed by atoms with E-state index >= 15 is 0 Å². The van der Waals surface area contributed by atoms with E-state index < -0.39 is 11.7 Å². The van der Waals surface area contributed by atoms with E-state index in [1.165, 1.54) is 0 Å². The van der Waals surface area contributed by atoms with E-state index in [0.717, 1.165) is 46.1 Å². The number of aryl methyl sites for hydroxylation is 3. The second-order valence-electron chi connectivity index (χ2n) is 8.62. The first kappa shape index (κ1) is 22.9. The molecule has 0 aliphatic carbocycles. The third-order valence-corrected chi connectivity index (χ3v) is 4.69. The number of hydrazine groups is 1. The average molecular weight is 407 g/mol. The fraction of sp³-hybridized carbons (Fsp3) is 0.650. The van der Waals surface area contributed by atoms with Crippen LogP contribution in [-0.2, 0) is 11.3 Å². The topological polar surface area (TPSA) is 119 Å². The van der Waals surface area contributed by atoms with Gasteiger partial charge in [0.25, 0.3) is 0 Å². The van der Waals surface area contributed by atoms with Gasteiger partial charge in [0.1, 0.15) is 16.9 Å². The highest BCUT2D eigenvalue weighted by molar-refractivity contribution is 5.88. The molecule has 0 aliphatic rings. The van der Waals surface area contributed by atoms with Gasteiger partial charge in [0.15, 0.2) is 5.82 Å². The van der Waals surface area contributed by atoms with Gasteiger partial charge in [0.2, 0.25) is 0 Å². The van der Waals surface area contributed by atoms with E-state index in [1.807, 2.05) is 19.4 Å². The van der Waals surface area contributed by atoms with E-state index in [0.29, 0.717) is 18.8 Å². The van der Waals surface area contributed by atoms with Crippen molar-refractivity contribution >= 4 is 22.9 Å². The molecule has 0 spiro atoms. The number of nitrogens with zero attached hydrogens (tertiary/aromatic N) is 4. The zero-order valence-electron chi connectivity index (χ0n) is 18.5. The summed E-state index contributed by atoms with van der Waals surface area (Å²) in [5, 5.41) is 10.3. The number of imidazole rings is 1. The van der Waals surface area contributed by atoms with Gasteiger partial charge in [-0.3, -0.25) is 5.21 Å². The lowest BCUT2D eigenvalue weighted by atomic mass is 10.1. The maximum Gasteiger partial charge on any atom is 0.426 e. The van der Waals surface area contributed by atoms with Crippen LogP contribution in [0.4, 0.5) is 10.6 Å². The Morgan fingerprint density at radius 3 is 2.48 bits per heavy atom. The Labute approximate surface area is 172 Å². The first-order valence-electron chi connectivity index (χ1n) is 9.99. The number of fused-ring (bicyclic) bond motifs is 1. The van der Waals surface area contributed by atoms with Crippen LogP contribution < -0.4 is 11.3 Å². The van der Waals surface area contributed by atoms with E-state index in [1.54, 1.807) is 20.8 Å². The van der Waals surface area contributed by atoms with Crippen molar-refractivity contribution < 1.29 is 14.7 Å². The molecule has 1 amide bonds. The van der Waals surface area contributed by atoms with Crippen molar-refractivity contribution in [2.75, 3.05) is 12.3 Å². The van der Waals surface area contributed by atoms with Crippen LogP contribution in [0.2, 0.25) is 0 Å². The molecular weight excluding hydrogens is 372 g/mol. The van der Waals surface area contributed by atoms with Crippen molar-refractivity contribution in [1.29, 1.82) is 0 Å². The molecule has 0 bridgehead atoms. The van der Waals surface area contributed by atoms with Crippen LogP contribution in [0.15, 0.2) is 0 Å². The van der Waals surface area contributed by atoms with Gasteiger partial charge in [-0.2, -0.15) is 0 Å². The SMILES string of the molecule is Cc1nc(N)c2nc(C(C)C)n(CCCCN(NO)C(=O)OC(C)(C)C)c2c1C. The molecule has 2 aromatic rings. The Morgan fingerprint density at radius 2 is 1.93 bits per heavy atom. The third kappa shape index (κ3) is 5.36. The summed E-state index contributed by atoms with van der Waals surface area (Å²) in [7, 11) is 0. The zero-order valence-corrected chi connectivity index (χ0v) is 18.5. The summed E-state index contributed by atoms with van der Waals surface area (Å²) in [5.41, 5.74) is 11.1. The summed E-state index contributed by atoms with van der Waals surface area (Å²) in [4.78, 5) is 21.2. The number of rotatable bonds is 7. The number of carbonyl (C=O) groups excluding carboxylic acids is 1. The quantitative estimate of drug-likeness (QED) is 0.474. The molecular formula is C20H34N6O3. The summed E-state index contributed by atoms with van der Waals surface area (Å²) in [5.74, 6) is 1.65. The van der Waals surface area contributed by atoms with Gasteiger partial charge in [0, 0.05) is 24.7 Å². The number of pyridine rings is 1. The molecule has 2 heterocycles. The Kier molecular flexibility index (Phi) is 7.07. The number of unbranched alkanes of at least 4 members (excludes halogenated alkanes) is 1. The number of hydrogen-bond donors (Lipinski definition) is 3. The minimum Gasteiger partial charge on any atom is -0.443 e. The fourth-order valence-electron chi connectivity index (χ4n) is 3.22. The van der Waals surface area contributed by atoms with Gasteiger partial charge in [-0.25, -0.2) is 19.8 Å². The lowest BCUT2D eigenvalue weighted by Gasteiger charge is -2.25. The first-order valence-corrected chi connectivity index (χ1v) is 9.99. The number of amides is 1. The van der Waals surface area contributed by atoms with Gasteiger partial charge in [0.05, 0.1) is 5.52 Å². The molecule has 0 aliphatic heterocycles. The predicted molar refractivity (Wildman–Crippen MR) is 113 cm³/mol. The van der Waals surface area contributed by atoms with Gasteiger partial charge in [-0.1, -0.05) is 13.8 Å². The molecule has 4 N–H and O–H groups in total. The Hall–Kier alpha value is -2.39. The number of ether oxygens (including phenoxy) is 1. The van der Waals surface area contributed by atoms with Crippen molar-refractivity contribution in [3.63, 3.8) is 0 Å². The van der Waals surface area contributed by atoms with Crippen molar-refractivity contribution in [3.8, 4) is 0 Å².